The van der Waals surface area contributed by atoms with E-state index in [9.17, 15) is 9.59 Å². The molecule has 0 atom stereocenters. The lowest BCUT2D eigenvalue weighted by Crippen LogP contribution is -2.47. The molecule has 127 heavy (non-hydrogen) atoms. The average molecular weight is 1800 g/mol. The first-order chi connectivity index (χ1) is 61.9. The second kappa shape index (κ2) is 69.3. The number of esters is 2. The van der Waals surface area contributed by atoms with Crippen LogP contribution in [0.4, 0.5) is 23.0 Å². The number of carbonyl (C=O) groups is 2. The summed E-state index contributed by atoms with van der Waals surface area (Å²) in [6.07, 6.45) is 9.15. The standard InChI is InChI=1S/C45H76N6O12.C27H54O13.C18H24N6/c1-5-6-10-51-37-40-39-8-7-38(36-41(39)47-44(46)43(40)48-51)50-13-11-49(12-14-50)15-17-54-19-21-56-23-25-58-27-29-60-31-33-62-35-34-61-32-30-59-28-26-57-24-22-55-20-18-53-16-9-42(52)63-45(2,3)4;1-27(2,3)40-26(29)4-6-30-8-10-32-12-14-34-16-18-36-20-22-38-24-25-39-23-21-37-19-17-35-15-13-33-11-9-31-7-5-28;1-2-3-8-24-12-15-14-5-4-13(23-9-6-20-7-10-23)11-16(14)21-18(19)17(15)22-24/h7-8,36-37H,5-6,9-35H2,1-4H3,(H2,46,47);28H,4-25H2,1-3H3;4-5,11-12,20H,2-3,6-10H2,1H3,(H2,19,21). The maximum Gasteiger partial charge on any atom is 0.308 e. The zero-order valence-corrected chi connectivity index (χ0v) is 77.6. The topological polar surface area (TPSA) is 393 Å². The number of unbranched alkanes of at least 4 members (excludes halogenated alkanes) is 2. The molecule has 0 amide bonds. The molecule has 0 unspecified atom stereocenters. The second-order valence-corrected chi connectivity index (χ2v) is 31.6. The first-order valence-corrected chi connectivity index (χ1v) is 45.6. The number of aromatic nitrogens is 6. The number of nitrogens with one attached hydrogen (secondary N) is 1. The van der Waals surface area contributed by atoms with Gasteiger partial charge in [0.15, 0.2) is 11.6 Å². The molecule has 8 rings (SSSR count). The van der Waals surface area contributed by atoms with Gasteiger partial charge in [-0.05, 0) is 78.6 Å². The normalized spacial score (nSPS) is 13.5. The largest absolute Gasteiger partial charge is 0.460 e. The summed E-state index contributed by atoms with van der Waals surface area (Å²) in [5.41, 5.74) is 17.4. The lowest BCUT2D eigenvalue weighted by atomic mass is 10.1. The summed E-state index contributed by atoms with van der Waals surface area (Å²) in [5.74, 6) is 0.476. The van der Waals surface area contributed by atoms with Gasteiger partial charge in [-0.25, -0.2) is 9.97 Å². The highest BCUT2D eigenvalue weighted by Crippen LogP contribution is 2.32. The van der Waals surface area contributed by atoms with Crippen molar-refractivity contribution < 1.29 is 119 Å². The number of hydrogen-bond donors (Lipinski definition) is 4. The number of aliphatic hydroxyl groups is 1. The van der Waals surface area contributed by atoms with E-state index in [-0.39, 0.29) is 31.4 Å². The van der Waals surface area contributed by atoms with Crippen LogP contribution in [0.25, 0.3) is 43.6 Å². The first kappa shape index (κ1) is 109. The molecular weight excluding hydrogens is 1650 g/mol. The lowest BCUT2D eigenvalue weighted by Gasteiger charge is -2.36. The molecule has 0 saturated carbocycles. The van der Waals surface area contributed by atoms with E-state index in [1.165, 1.54) is 11.4 Å². The summed E-state index contributed by atoms with van der Waals surface area (Å²) in [6.45, 7) is 45.3. The summed E-state index contributed by atoms with van der Waals surface area (Å²) in [4.78, 5) is 39.7. The van der Waals surface area contributed by atoms with Crippen LogP contribution in [0.3, 0.4) is 0 Å². The van der Waals surface area contributed by atoms with Gasteiger partial charge in [-0.15, -0.1) is 0 Å². The fourth-order valence-corrected chi connectivity index (χ4v) is 12.6. The van der Waals surface area contributed by atoms with E-state index in [2.05, 4.69) is 97.8 Å². The van der Waals surface area contributed by atoms with Gasteiger partial charge in [0, 0.05) is 117 Å². The molecule has 6 heterocycles. The molecule has 724 valence electrons. The fraction of sp³-hybridized carbons (Fsp3) is 0.756. The molecule has 2 aromatic carbocycles. The number of carbonyl (C=O) groups excluding carboxylic acids is 2. The maximum atomic E-state index is 11.6. The molecule has 6 N–H and O–H groups in total. The van der Waals surface area contributed by atoms with Crippen molar-refractivity contribution in [1.29, 1.82) is 0 Å². The Balaban J connectivity index is 0.000000328. The molecular formula is C90H154N12O25. The number of benzene rings is 2. The van der Waals surface area contributed by atoms with Crippen molar-refractivity contribution in [3.05, 3.63) is 48.8 Å². The van der Waals surface area contributed by atoms with Crippen molar-refractivity contribution in [2.45, 2.75) is 118 Å². The molecule has 0 bridgehead atoms. The van der Waals surface area contributed by atoms with Crippen molar-refractivity contribution in [1.82, 2.24) is 39.7 Å². The second-order valence-electron chi connectivity index (χ2n) is 31.6. The van der Waals surface area contributed by atoms with E-state index in [4.69, 9.17) is 126 Å². The minimum atomic E-state index is -0.478. The van der Waals surface area contributed by atoms with E-state index in [1.807, 2.05) is 50.9 Å². The van der Waals surface area contributed by atoms with Gasteiger partial charge in [0.05, 0.1) is 295 Å². The summed E-state index contributed by atoms with van der Waals surface area (Å²) >= 11 is 0. The molecule has 0 aliphatic carbocycles. The highest BCUT2D eigenvalue weighted by atomic mass is 16.6. The molecule has 0 spiro atoms. The SMILES string of the molecule is CC(C)(C)OC(=O)CCOCCOCCOCCOCCOCCOCCOCCOCCOCCOCCO.CCCCn1cc2c(n1)c(N)nc1cc(N3CCN(CCOCCOCCOCCOCCOCCOCCOCCOCCOCCOCCC(=O)OC(C)(C)C)CC3)ccc12.CCCCn1cc2c(n1)c(N)nc1cc(N3CCNCC3)ccc12. The van der Waals surface area contributed by atoms with Gasteiger partial charge in [0.2, 0.25) is 0 Å². The van der Waals surface area contributed by atoms with Crippen molar-refractivity contribution in [3.63, 3.8) is 0 Å². The fourth-order valence-electron chi connectivity index (χ4n) is 12.6. The monoisotopic (exact) mass is 1800 g/mol. The molecule has 2 saturated heterocycles. The lowest BCUT2D eigenvalue weighted by molar-refractivity contribution is -0.157. The van der Waals surface area contributed by atoms with Gasteiger partial charge >= 0.3 is 11.9 Å². The van der Waals surface area contributed by atoms with Crippen molar-refractivity contribution in [2.24, 2.45) is 0 Å². The number of rotatable bonds is 73. The number of aryl methyl sites for hydroxylation is 2. The number of hydrogen-bond acceptors (Lipinski definition) is 35. The summed E-state index contributed by atoms with van der Waals surface area (Å²) in [5, 5.41) is 25.6. The molecule has 4 aromatic heterocycles. The van der Waals surface area contributed by atoms with Crippen LogP contribution in [0.2, 0.25) is 0 Å². The zero-order valence-electron chi connectivity index (χ0n) is 77.6. The Bertz CT molecular complexity index is 3750. The number of nitrogen functional groups attached to an aromatic ring is 2. The summed E-state index contributed by atoms with van der Waals surface area (Å²) in [7, 11) is 0. The van der Waals surface area contributed by atoms with E-state index in [0.29, 0.717) is 276 Å². The number of piperazine rings is 2. The van der Waals surface area contributed by atoms with Crippen molar-refractivity contribution >= 4 is 78.6 Å². The van der Waals surface area contributed by atoms with E-state index < -0.39 is 11.2 Å². The van der Waals surface area contributed by atoms with Crippen LogP contribution < -0.4 is 26.6 Å². The highest BCUT2D eigenvalue weighted by Gasteiger charge is 2.22. The molecule has 37 heteroatoms. The molecule has 0 radical (unpaired) electrons. The van der Waals surface area contributed by atoms with Crippen LogP contribution in [-0.4, -0.2) is 392 Å². The third kappa shape index (κ3) is 51.1. The van der Waals surface area contributed by atoms with E-state index >= 15 is 0 Å². The number of pyridine rings is 2. The van der Waals surface area contributed by atoms with Gasteiger partial charge in [0.1, 0.15) is 22.2 Å². The minimum absolute atomic E-state index is 0.0230. The Morgan fingerprint density at radius 1 is 0.354 bits per heavy atom. The highest BCUT2D eigenvalue weighted by molar-refractivity contribution is 6.09. The van der Waals surface area contributed by atoms with Gasteiger partial charge in [-0.3, -0.25) is 23.9 Å². The Hall–Kier alpha value is -6.58. The Morgan fingerprint density at radius 3 is 0.898 bits per heavy atom. The number of nitrogens with two attached hydrogens (primary N) is 2. The number of aliphatic hydroxyl groups excluding tert-OH is 1. The van der Waals surface area contributed by atoms with Crippen LogP contribution in [-0.2, 0) is 127 Å². The third-order valence-electron chi connectivity index (χ3n) is 19.0. The Kier molecular flexibility index (Phi) is 59.6. The number of anilines is 4. The van der Waals surface area contributed by atoms with Gasteiger partial charge in [-0.2, -0.15) is 10.2 Å². The maximum absolute atomic E-state index is 11.6. The molecule has 6 aromatic rings. The van der Waals surface area contributed by atoms with Crippen molar-refractivity contribution in [3.8, 4) is 0 Å². The van der Waals surface area contributed by atoms with Crippen molar-refractivity contribution in [2.75, 3.05) is 351 Å². The average Bonchev–Trinajstić information content (AvgIpc) is 1.67. The Labute approximate surface area is 752 Å². The van der Waals surface area contributed by atoms with Gasteiger partial charge in [-0.1, -0.05) is 38.8 Å². The smallest absolute Gasteiger partial charge is 0.308 e. The van der Waals surface area contributed by atoms with E-state index in [1.54, 1.807) is 0 Å². The van der Waals surface area contributed by atoms with Crippen LogP contribution in [0, 0.1) is 0 Å². The third-order valence-corrected chi connectivity index (χ3v) is 19.0. The first-order valence-electron chi connectivity index (χ1n) is 45.6. The van der Waals surface area contributed by atoms with Crippen LogP contribution in [0.1, 0.15) is 93.9 Å². The minimum Gasteiger partial charge on any atom is -0.460 e. The van der Waals surface area contributed by atoms with Crippen LogP contribution >= 0.6 is 0 Å². The summed E-state index contributed by atoms with van der Waals surface area (Å²) < 4.78 is 124. The molecule has 37 nitrogen and oxygen atoms in total. The zero-order chi connectivity index (χ0) is 90.7. The number of nitrogens with zero attached hydrogens (tertiary/aromatic N) is 9. The van der Waals surface area contributed by atoms with E-state index in [0.717, 1.165) is 141 Å². The van der Waals surface area contributed by atoms with Gasteiger partial charge in [0.25, 0.3) is 0 Å². The number of fused-ring (bicyclic) bond motifs is 6. The predicted molar refractivity (Wildman–Crippen MR) is 487 cm³/mol. The van der Waals surface area contributed by atoms with Crippen LogP contribution in [0.15, 0.2) is 48.8 Å². The van der Waals surface area contributed by atoms with Gasteiger partial charge < -0.3 is 136 Å². The molecule has 2 aliphatic rings. The number of ether oxygens (including phenoxy) is 22. The quantitative estimate of drug-likeness (QED) is 0.0216. The Morgan fingerprint density at radius 2 is 0.622 bits per heavy atom. The summed E-state index contributed by atoms with van der Waals surface area (Å²) in [6, 6.07) is 13.0. The van der Waals surface area contributed by atoms with Crippen LogP contribution in [0.5, 0.6) is 0 Å². The molecule has 2 fully saturated rings. The predicted octanol–water partition coefficient (Wildman–Crippen LogP) is 7.24. The molecule has 2 aliphatic heterocycles.